The number of hydrogen-bond acceptors (Lipinski definition) is 7. The first kappa shape index (κ1) is 25.9. The van der Waals surface area contributed by atoms with Crippen molar-refractivity contribution in [1.82, 2.24) is 3.71 Å². The second kappa shape index (κ2) is 11.6. The molecule has 0 radical (unpaired) electrons. The largest absolute Gasteiger partial charge is 0.497 e. The van der Waals surface area contributed by atoms with Gasteiger partial charge in [-0.1, -0.05) is 52.2 Å². The van der Waals surface area contributed by atoms with Gasteiger partial charge in [0.2, 0.25) is 0 Å². The molecule has 3 aromatic rings. The molecule has 8 nitrogen and oxygen atoms in total. The van der Waals surface area contributed by atoms with Gasteiger partial charge in [0.15, 0.2) is 0 Å². The molecule has 1 unspecified atom stereocenters. The molecular weight excluding hydrogens is 478 g/mol. The molecule has 0 bridgehead atoms. The summed E-state index contributed by atoms with van der Waals surface area (Å²) in [5.74, 6) is 0.602. The Labute approximate surface area is 200 Å². The monoisotopic (exact) mass is 505 g/mol. The van der Waals surface area contributed by atoms with Crippen molar-refractivity contribution in [2.75, 3.05) is 34.0 Å². The van der Waals surface area contributed by atoms with Crippen molar-refractivity contribution >= 4 is 20.0 Å². The van der Waals surface area contributed by atoms with Crippen LogP contribution < -0.4 is 4.74 Å². The van der Waals surface area contributed by atoms with Crippen LogP contribution in [0, 0.1) is 0 Å². The summed E-state index contributed by atoms with van der Waals surface area (Å²) in [5, 5.41) is 0. The smallest absolute Gasteiger partial charge is 0.256 e. The summed E-state index contributed by atoms with van der Waals surface area (Å²) in [7, 11) is -5.85. The lowest BCUT2D eigenvalue weighted by molar-refractivity contribution is 0.0134. The van der Waals surface area contributed by atoms with Crippen LogP contribution in [0.25, 0.3) is 0 Å². The summed E-state index contributed by atoms with van der Waals surface area (Å²) in [6.07, 6.45) is -0.891. The zero-order chi connectivity index (χ0) is 24.6. The fourth-order valence-electron chi connectivity index (χ4n) is 3.23. The Balaban J connectivity index is 2.09. The lowest BCUT2D eigenvalue weighted by Crippen LogP contribution is -2.40. The van der Waals surface area contributed by atoms with Crippen molar-refractivity contribution < 1.29 is 31.0 Å². The Morgan fingerprint density at radius 3 is 1.65 bits per heavy atom. The molecule has 34 heavy (non-hydrogen) atoms. The first-order valence-corrected chi connectivity index (χ1v) is 13.3. The van der Waals surface area contributed by atoms with E-state index in [1.807, 2.05) is 0 Å². The molecular formula is C24H27NO7S2. The van der Waals surface area contributed by atoms with E-state index in [0.717, 1.165) is 0 Å². The molecule has 0 aliphatic rings. The van der Waals surface area contributed by atoms with E-state index < -0.39 is 32.7 Å². The molecule has 0 heterocycles. The van der Waals surface area contributed by atoms with Gasteiger partial charge in [-0.2, -0.15) is 0 Å². The van der Waals surface area contributed by atoms with Gasteiger partial charge >= 0.3 is 0 Å². The summed E-state index contributed by atoms with van der Waals surface area (Å²) in [6, 6.07) is 21.7. The van der Waals surface area contributed by atoms with Crippen molar-refractivity contribution in [2.24, 2.45) is 0 Å². The molecule has 0 aromatic heterocycles. The van der Waals surface area contributed by atoms with Crippen LogP contribution in [-0.4, -0.2) is 54.5 Å². The van der Waals surface area contributed by atoms with Crippen molar-refractivity contribution in [3.05, 3.63) is 90.5 Å². The van der Waals surface area contributed by atoms with Crippen LogP contribution in [0.3, 0.4) is 0 Å². The summed E-state index contributed by atoms with van der Waals surface area (Å²) in [5.41, 5.74) is 0.591. The Hall–Kier alpha value is -2.76. The van der Waals surface area contributed by atoms with Crippen LogP contribution in [0.2, 0.25) is 0 Å². The van der Waals surface area contributed by atoms with Gasteiger partial charge < -0.3 is 14.2 Å². The van der Waals surface area contributed by atoms with Gasteiger partial charge in [-0.25, -0.2) is 16.8 Å². The van der Waals surface area contributed by atoms with E-state index in [1.165, 1.54) is 62.8 Å². The SMILES string of the molecule is COCCOC(CN(S(=O)(=O)c1ccccc1)S(=O)(=O)c1ccccc1)c1ccc(OC)cc1. The standard InChI is InChI=1S/C24H27NO7S2/c1-30-17-18-32-24(20-13-15-21(31-2)16-14-20)19-25(33(26,27)22-9-5-3-6-10-22)34(28,29)23-11-7-4-8-12-23/h3-16,24H,17-19H2,1-2H3. The highest BCUT2D eigenvalue weighted by molar-refractivity contribution is 8.04. The fourth-order valence-corrected chi connectivity index (χ4v) is 6.91. The summed E-state index contributed by atoms with van der Waals surface area (Å²) in [6.45, 7) is -0.0776. The van der Waals surface area contributed by atoms with E-state index in [1.54, 1.807) is 36.4 Å². The van der Waals surface area contributed by atoms with Gasteiger partial charge in [-0.05, 0) is 42.0 Å². The lowest BCUT2D eigenvalue weighted by atomic mass is 10.1. The molecule has 0 aliphatic carbocycles. The van der Waals surface area contributed by atoms with Crippen molar-refractivity contribution in [3.8, 4) is 5.75 Å². The molecule has 182 valence electrons. The summed E-state index contributed by atoms with van der Waals surface area (Å²) in [4.78, 5) is -0.278. The normalized spacial score (nSPS) is 13.0. The van der Waals surface area contributed by atoms with E-state index in [2.05, 4.69) is 0 Å². The number of methoxy groups -OCH3 is 2. The zero-order valence-corrected chi connectivity index (χ0v) is 20.5. The predicted octanol–water partition coefficient (Wildman–Crippen LogP) is 3.48. The maximum absolute atomic E-state index is 13.6. The van der Waals surface area contributed by atoms with Crippen LogP contribution in [0.15, 0.2) is 94.7 Å². The van der Waals surface area contributed by atoms with E-state index in [0.29, 0.717) is 15.0 Å². The Morgan fingerprint density at radius 2 is 1.21 bits per heavy atom. The average molecular weight is 506 g/mol. The topological polar surface area (TPSA) is 99.2 Å². The maximum Gasteiger partial charge on any atom is 0.256 e. The number of sulfonamides is 2. The minimum absolute atomic E-state index is 0.137. The van der Waals surface area contributed by atoms with Crippen LogP contribution in [0.5, 0.6) is 5.75 Å². The second-order valence-corrected chi connectivity index (χ2v) is 11.2. The van der Waals surface area contributed by atoms with Crippen LogP contribution >= 0.6 is 0 Å². The number of rotatable bonds is 12. The van der Waals surface area contributed by atoms with Crippen molar-refractivity contribution in [3.63, 3.8) is 0 Å². The molecule has 10 heteroatoms. The second-order valence-electron chi connectivity index (χ2n) is 7.22. The highest BCUT2D eigenvalue weighted by Crippen LogP contribution is 2.29. The predicted molar refractivity (Wildman–Crippen MR) is 128 cm³/mol. The Bertz CT molecular complexity index is 1180. The van der Waals surface area contributed by atoms with E-state index in [4.69, 9.17) is 14.2 Å². The van der Waals surface area contributed by atoms with Gasteiger partial charge in [0.1, 0.15) is 5.75 Å². The maximum atomic E-state index is 13.6. The quantitative estimate of drug-likeness (QED) is 0.348. The van der Waals surface area contributed by atoms with Crippen molar-refractivity contribution in [2.45, 2.75) is 15.9 Å². The molecule has 0 aliphatic heterocycles. The van der Waals surface area contributed by atoms with E-state index in [9.17, 15) is 16.8 Å². The van der Waals surface area contributed by atoms with E-state index >= 15 is 0 Å². The van der Waals surface area contributed by atoms with Crippen LogP contribution in [-0.2, 0) is 29.5 Å². The Kier molecular flexibility index (Phi) is 8.81. The molecule has 0 fully saturated rings. The van der Waals surface area contributed by atoms with Gasteiger partial charge in [0.05, 0.1) is 42.8 Å². The van der Waals surface area contributed by atoms with Gasteiger partial charge in [0.25, 0.3) is 20.0 Å². The summed E-state index contributed by atoms with van der Waals surface area (Å²) >= 11 is 0. The highest BCUT2D eigenvalue weighted by atomic mass is 32.3. The zero-order valence-electron chi connectivity index (χ0n) is 18.9. The Morgan fingerprint density at radius 1 is 0.706 bits per heavy atom. The molecule has 1 atom stereocenters. The van der Waals surface area contributed by atoms with Gasteiger partial charge in [-0.3, -0.25) is 0 Å². The highest BCUT2D eigenvalue weighted by Gasteiger charge is 2.38. The average Bonchev–Trinajstić information content (AvgIpc) is 2.87. The number of benzene rings is 3. The third-order valence-corrected chi connectivity index (χ3v) is 9.31. The molecule has 0 saturated heterocycles. The first-order chi connectivity index (χ1) is 16.3. The minimum atomic E-state index is -4.44. The molecule has 0 N–H and O–H groups in total. The number of ether oxygens (including phenoxy) is 3. The summed E-state index contributed by atoms with van der Waals surface area (Å²) < 4.78 is 71.0. The molecule has 0 amide bonds. The van der Waals surface area contributed by atoms with Crippen LogP contribution in [0.1, 0.15) is 11.7 Å². The number of nitrogens with zero attached hydrogens (tertiary/aromatic N) is 1. The lowest BCUT2D eigenvalue weighted by Gasteiger charge is -2.27. The number of hydrogen-bond donors (Lipinski definition) is 0. The third-order valence-electron chi connectivity index (χ3n) is 5.03. The van der Waals surface area contributed by atoms with Gasteiger partial charge in [0, 0.05) is 7.11 Å². The third kappa shape index (κ3) is 6.02. The van der Waals surface area contributed by atoms with E-state index in [-0.39, 0.29) is 23.0 Å². The molecule has 3 aromatic carbocycles. The fraction of sp³-hybridized carbons (Fsp3) is 0.250. The molecule has 0 spiro atoms. The molecule has 0 saturated carbocycles. The molecule has 3 rings (SSSR count). The van der Waals surface area contributed by atoms with Crippen molar-refractivity contribution in [1.29, 1.82) is 0 Å². The van der Waals surface area contributed by atoms with Gasteiger partial charge in [-0.15, -0.1) is 0 Å². The minimum Gasteiger partial charge on any atom is -0.497 e. The first-order valence-electron chi connectivity index (χ1n) is 10.4. The van der Waals surface area contributed by atoms with Crippen LogP contribution in [0.4, 0.5) is 0 Å².